The number of benzene rings is 2. The lowest BCUT2D eigenvalue weighted by Crippen LogP contribution is -2.50. The molecule has 33 heavy (non-hydrogen) atoms. The fourth-order valence-electron chi connectivity index (χ4n) is 4.38. The van der Waals surface area contributed by atoms with E-state index in [4.69, 9.17) is 0 Å². The summed E-state index contributed by atoms with van der Waals surface area (Å²) in [4.78, 5) is 36.5. The van der Waals surface area contributed by atoms with Gasteiger partial charge in [-0.2, -0.15) is 0 Å². The number of aryl methyl sites for hydroxylation is 2. The lowest BCUT2D eigenvalue weighted by Gasteiger charge is -2.33. The molecule has 4 N–H and O–H groups in total. The number of amides is 4. The van der Waals surface area contributed by atoms with Crippen molar-refractivity contribution in [2.45, 2.75) is 50.0 Å². The van der Waals surface area contributed by atoms with Gasteiger partial charge in [0.15, 0.2) is 0 Å². The van der Waals surface area contributed by atoms with Crippen LogP contribution in [0.1, 0.15) is 36.8 Å². The average molecular weight is 471 g/mol. The highest BCUT2D eigenvalue weighted by Gasteiger charge is 2.48. The van der Waals surface area contributed by atoms with Gasteiger partial charge in [0.2, 0.25) is 5.91 Å². The van der Waals surface area contributed by atoms with Crippen molar-refractivity contribution in [1.29, 1.82) is 0 Å². The normalized spacial score (nSPS) is 22.5. The maximum atomic E-state index is 13.0. The second-order valence-electron chi connectivity index (χ2n) is 8.71. The molecule has 2 aliphatic rings. The Kier molecular flexibility index (Phi) is 5.87. The average Bonchev–Trinajstić information content (AvgIpc) is 3.01. The minimum absolute atomic E-state index is 0.0785. The molecule has 2 aromatic rings. The van der Waals surface area contributed by atoms with Gasteiger partial charge in [0, 0.05) is 17.3 Å². The molecule has 0 aromatic heterocycles. The van der Waals surface area contributed by atoms with E-state index in [-0.39, 0.29) is 22.6 Å². The van der Waals surface area contributed by atoms with Crippen molar-refractivity contribution in [2.24, 2.45) is 5.92 Å². The molecule has 1 saturated heterocycles. The molecule has 1 saturated carbocycles. The predicted molar refractivity (Wildman–Crippen MR) is 123 cm³/mol. The molecule has 4 amide bonds. The molecule has 2 aromatic carbocycles. The van der Waals surface area contributed by atoms with Gasteiger partial charge < -0.3 is 10.6 Å². The Morgan fingerprint density at radius 2 is 1.76 bits per heavy atom. The molecular weight excluding hydrogens is 444 g/mol. The minimum atomic E-state index is -3.86. The standard InChI is InChI=1S/C23H26N4O5S/c1-14-4-3-5-18(12-14)27-33(31,32)19-13-17(7-6-15(19)2)24-20(28)16-8-10-23(11-9-16)21(29)25-22(30)26-23/h3-7,12-13,16,27H,8-11H2,1-2H3,(H,24,28)(H2,25,26,29,30). The zero-order valence-corrected chi connectivity index (χ0v) is 19.2. The van der Waals surface area contributed by atoms with E-state index in [1.54, 1.807) is 37.3 Å². The molecule has 0 bridgehead atoms. The van der Waals surface area contributed by atoms with Crippen molar-refractivity contribution >= 4 is 39.2 Å². The van der Waals surface area contributed by atoms with Crippen LogP contribution in [0, 0.1) is 19.8 Å². The van der Waals surface area contributed by atoms with Gasteiger partial charge >= 0.3 is 6.03 Å². The molecule has 174 valence electrons. The lowest BCUT2D eigenvalue weighted by molar-refractivity contribution is -0.128. The molecule has 0 atom stereocenters. The number of rotatable bonds is 5. The summed E-state index contributed by atoms with van der Waals surface area (Å²) in [5.41, 5.74) is 1.39. The first kappa shape index (κ1) is 22.8. The van der Waals surface area contributed by atoms with Crippen LogP contribution in [-0.2, 0) is 19.6 Å². The molecule has 9 nitrogen and oxygen atoms in total. The Labute approximate surface area is 192 Å². The van der Waals surface area contributed by atoms with E-state index in [1.165, 1.54) is 6.07 Å². The number of carbonyl (C=O) groups excluding carboxylic acids is 3. The zero-order valence-electron chi connectivity index (χ0n) is 18.4. The van der Waals surface area contributed by atoms with Crippen LogP contribution < -0.4 is 20.7 Å². The number of hydrogen-bond donors (Lipinski definition) is 4. The van der Waals surface area contributed by atoms with E-state index >= 15 is 0 Å². The highest BCUT2D eigenvalue weighted by Crippen LogP contribution is 2.35. The first-order valence-electron chi connectivity index (χ1n) is 10.7. The summed E-state index contributed by atoms with van der Waals surface area (Å²) >= 11 is 0. The fraction of sp³-hybridized carbons (Fsp3) is 0.348. The third-order valence-electron chi connectivity index (χ3n) is 6.24. The van der Waals surface area contributed by atoms with E-state index in [0.29, 0.717) is 42.6 Å². The van der Waals surface area contributed by atoms with E-state index in [2.05, 4.69) is 20.7 Å². The second-order valence-corrected chi connectivity index (χ2v) is 10.4. The van der Waals surface area contributed by atoms with Crippen LogP contribution in [0.4, 0.5) is 16.2 Å². The van der Waals surface area contributed by atoms with Crippen molar-refractivity contribution in [1.82, 2.24) is 10.6 Å². The molecule has 4 rings (SSSR count). The minimum Gasteiger partial charge on any atom is -0.326 e. The molecular formula is C23H26N4O5S. The number of hydrogen-bond acceptors (Lipinski definition) is 5. The largest absolute Gasteiger partial charge is 0.326 e. The van der Waals surface area contributed by atoms with Crippen LogP contribution in [0.2, 0.25) is 0 Å². The fourth-order valence-corrected chi connectivity index (χ4v) is 5.70. The number of urea groups is 1. The topological polar surface area (TPSA) is 133 Å². The summed E-state index contributed by atoms with van der Waals surface area (Å²) < 4.78 is 28.5. The summed E-state index contributed by atoms with van der Waals surface area (Å²) in [7, 11) is -3.86. The van der Waals surface area contributed by atoms with Crippen molar-refractivity contribution in [3.8, 4) is 0 Å². The Bertz CT molecular complexity index is 1230. The molecule has 0 unspecified atom stereocenters. The van der Waals surface area contributed by atoms with E-state index < -0.39 is 21.6 Å². The van der Waals surface area contributed by atoms with E-state index in [9.17, 15) is 22.8 Å². The molecule has 0 radical (unpaired) electrons. The highest BCUT2D eigenvalue weighted by molar-refractivity contribution is 7.92. The second kappa shape index (κ2) is 8.51. The lowest BCUT2D eigenvalue weighted by atomic mass is 9.76. The quantitative estimate of drug-likeness (QED) is 0.499. The van der Waals surface area contributed by atoms with Gasteiger partial charge in [-0.15, -0.1) is 0 Å². The summed E-state index contributed by atoms with van der Waals surface area (Å²) in [5.74, 6) is -0.929. The molecule has 1 spiro atoms. The SMILES string of the molecule is Cc1cccc(NS(=O)(=O)c2cc(NC(=O)C3CCC4(CC3)NC(=O)NC4=O)ccc2C)c1. The Hall–Kier alpha value is -3.40. The summed E-state index contributed by atoms with van der Waals surface area (Å²) in [6, 6.07) is 11.3. The highest BCUT2D eigenvalue weighted by atomic mass is 32.2. The van der Waals surface area contributed by atoms with Crippen LogP contribution in [0.5, 0.6) is 0 Å². The van der Waals surface area contributed by atoms with Gasteiger partial charge in [-0.25, -0.2) is 13.2 Å². The van der Waals surface area contributed by atoms with Crippen LogP contribution in [0.25, 0.3) is 0 Å². The molecule has 1 heterocycles. The van der Waals surface area contributed by atoms with Gasteiger partial charge in [0.25, 0.3) is 15.9 Å². The third-order valence-corrected chi connectivity index (χ3v) is 7.76. The van der Waals surface area contributed by atoms with Crippen LogP contribution in [0.15, 0.2) is 47.4 Å². The van der Waals surface area contributed by atoms with Crippen molar-refractivity contribution in [3.63, 3.8) is 0 Å². The Balaban J connectivity index is 1.45. The summed E-state index contributed by atoms with van der Waals surface area (Å²) in [6.07, 6.45) is 1.62. The van der Waals surface area contributed by atoms with Crippen LogP contribution >= 0.6 is 0 Å². The molecule has 1 aliphatic heterocycles. The number of imide groups is 1. The van der Waals surface area contributed by atoms with Crippen molar-refractivity contribution in [3.05, 3.63) is 53.6 Å². The summed E-state index contributed by atoms with van der Waals surface area (Å²) in [6.45, 7) is 3.57. The van der Waals surface area contributed by atoms with E-state index in [0.717, 1.165) is 5.56 Å². The number of carbonyl (C=O) groups is 3. The Morgan fingerprint density at radius 3 is 2.39 bits per heavy atom. The third kappa shape index (κ3) is 4.70. The first-order chi connectivity index (χ1) is 15.6. The smallest absolute Gasteiger partial charge is 0.322 e. The number of nitrogens with one attached hydrogen (secondary N) is 4. The number of sulfonamides is 1. The van der Waals surface area contributed by atoms with Crippen LogP contribution in [0.3, 0.4) is 0 Å². The monoisotopic (exact) mass is 470 g/mol. The first-order valence-corrected chi connectivity index (χ1v) is 12.2. The molecule has 2 fully saturated rings. The summed E-state index contributed by atoms with van der Waals surface area (Å²) in [5, 5.41) is 7.74. The zero-order chi connectivity index (χ0) is 23.8. The van der Waals surface area contributed by atoms with Crippen molar-refractivity contribution in [2.75, 3.05) is 10.0 Å². The molecule has 1 aliphatic carbocycles. The predicted octanol–water partition coefficient (Wildman–Crippen LogP) is 2.81. The van der Waals surface area contributed by atoms with Crippen molar-refractivity contribution < 1.29 is 22.8 Å². The van der Waals surface area contributed by atoms with E-state index in [1.807, 2.05) is 13.0 Å². The van der Waals surface area contributed by atoms with Gasteiger partial charge in [-0.3, -0.25) is 19.6 Å². The maximum absolute atomic E-state index is 13.0. The van der Waals surface area contributed by atoms with Gasteiger partial charge in [0.1, 0.15) is 5.54 Å². The maximum Gasteiger partial charge on any atom is 0.322 e. The number of anilines is 2. The van der Waals surface area contributed by atoms with Crippen LogP contribution in [-0.4, -0.2) is 31.8 Å². The molecule has 10 heteroatoms. The Morgan fingerprint density at radius 1 is 1.03 bits per heavy atom. The van der Waals surface area contributed by atoms with Gasteiger partial charge in [-0.1, -0.05) is 18.2 Å². The van der Waals surface area contributed by atoms with Gasteiger partial charge in [0.05, 0.1) is 4.90 Å². The van der Waals surface area contributed by atoms with Gasteiger partial charge in [-0.05, 0) is 74.9 Å².